The molecule has 0 spiro atoms. The van der Waals surface area contributed by atoms with Gasteiger partial charge in [-0.15, -0.1) is 0 Å². The van der Waals surface area contributed by atoms with E-state index in [-0.39, 0.29) is 0 Å². The minimum Gasteiger partial charge on any atom is -0.309 e. The summed E-state index contributed by atoms with van der Waals surface area (Å²) in [5.74, 6) is 1.83. The van der Waals surface area contributed by atoms with Crippen molar-refractivity contribution < 1.29 is 0 Å². The predicted molar refractivity (Wildman–Crippen MR) is 259 cm³/mol. The second-order valence-electron chi connectivity index (χ2n) is 16.0. The van der Waals surface area contributed by atoms with Gasteiger partial charge in [-0.1, -0.05) is 158 Å². The van der Waals surface area contributed by atoms with Crippen LogP contribution in [0, 0.1) is 0 Å². The molecule has 9 aromatic carbocycles. The molecule has 0 aliphatic carbocycles. The lowest BCUT2D eigenvalue weighted by Gasteiger charge is -2.16. The number of benzene rings is 9. The van der Waals surface area contributed by atoms with Gasteiger partial charge in [0.15, 0.2) is 17.5 Å². The van der Waals surface area contributed by atoms with Gasteiger partial charge in [-0.3, -0.25) is 0 Å². The Hall–Kier alpha value is -8.61. The maximum atomic E-state index is 5.38. The molecule has 4 aromatic heterocycles. The van der Waals surface area contributed by atoms with Crippen molar-refractivity contribution in [2.45, 2.75) is 0 Å². The number of hydrogen-bond acceptors (Lipinski definition) is 3. The van der Waals surface area contributed by atoms with Crippen molar-refractivity contribution in [2.24, 2.45) is 0 Å². The minimum atomic E-state index is 0.598. The van der Waals surface area contributed by atoms with Crippen LogP contribution in [-0.2, 0) is 0 Å². The summed E-state index contributed by atoms with van der Waals surface area (Å²) < 4.78 is 7.24. The second-order valence-corrected chi connectivity index (χ2v) is 16.0. The zero-order valence-electron chi connectivity index (χ0n) is 34.0. The van der Waals surface area contributed by atoms with Gasteiger partial charge < -0.3 is 13.7 Å². The van der Waals surface area contributed by atoms with Crippen LogP contribution in [0.4, 0.5) is 0 Å². The third kappa shape index (κ3) is 5.41. The van der Waals surface area contributed by atoms with Gasteiger partial charge in [0.2, 0.25) is 0 Å². The van der Waals surface area contributed by atoms with Gasteiger partial charge >= 0.3 is 0 Å². The van der Waals surface area contributed by atoms with E-state index < -0.39 is 0 Å². The Morgan fingerprint density at radius 2 is 0.714 bits per heavy atom. The maximum absolute atomic E-state index is 5.38. The summed E-state index contributed by atoms with van der Waals surface area (Å²) in [7, 11) is 0. The molecule has 0 N–H and O–H groups in total. The highest BCUT2D eigenvalue weighted by atomic mass is 15.1. The number of nitrogens with zero attached hydrogens (tertiary/aromatic N) is 6. The van der Waals surface area contributed by atoms with E-state index in [2.05, 4.69) is 196 Å². The molecule has 6 nitrogen and oxygen atoms in total. The van der Waals surface area contributed by atoms with Crippen molar-refractivity contribution in [1.82, 2.24) is 28.7 Å². The van der Waals surface area contributed by atoms with Gasteiger partial charge in [-0.2, -0.15) is 0 Å². The molecule has 4 heterocycles. The highest BCUT2D eigenvalue weighted by Gasteiger charge is 2.25. The molecule has 0 fully saturated rings. The van der Waals surface area contributed by atoms with Crippen LogP contribution in [-0.4, -0.2) is 28.7 Å². The van der Waals surface area contributed by atoms with E-state index in [1.807, 2.05) is 36.4 Å². The molecule has 0 saturated heterocycles. The molecular formula is C57H36N6. The average Bonchev–Trinajstić information content (AvgIpc) is 4.00. The molecule has 0 saturated carbocycles. The van der Waals surface area contributed by atoms with Gasteiger partial charge in [0.05, 0.1) is 33.1 Å². The van der Waals surface area contributed by atoms with E-state index in [1.165, 1.54) is 21.5 Å². The van der Waals surface area contributed by atoms with Crippen LogP contribution in [0.25, 0.3) is 117 Å². The van der Waals surface area contributed by atoms with Gasteiger partial charge in [-0.25, -0.2) is 15.0 Å². The SMILES string of the molecule is c1ccc(-c2nc(-c3ccccc3)nc(-c3cc(-n4c5ccccc5c5ccc6c(c7ccccc7n6-c6ccccc6)c54)cc4c5ccccc5n(-c5ccccc5)c34)n2)cc1. The summed E-state index contributed by atoms with van der Waals surface area (Å²) >= 11 is 0. The van der Waals surface area contributed by atoms with E-state index in [0.29, 0.717) is 17.5 Å². The van der Waals surface area contributed by atoms with Gasteiger partial charge in [-0.05, 0) is 60.7 Å². The van der Waals surface area contributed by atoms with Crippen LogP contribution in [0.2, 0.25) is 0 Å². The summed E-state index contributed by atoms with van der Waals surface area (Å²) in [6.45, 7) is 0. The molecule has 0 bridgehead atoms. The molecule has 63 heavy (non-hydrogen) atoms. The summed E-state index contributed by atoms with van der Waals surface area (Å²) in [6, 6.07) is 77.3. The Kier molecular flexibility index (Phi) is 7.80. The van der Waals surface area contributed by atoms with Crippen LogP contribution in [0.15, 0.2) is 218 Å². The molecule has 0 atom stereocenters. The van der Waals surface area contributed by atoms with Crippen molar-refractivity contribution in [3.63, 3.8) is 0 Å². The number of aromatic nitrogens is 6. The number of rotatable bonds is 6. The Morgan fingerprint density at radius 1 is 0.270 bits per heavy atom. The van der Waals surface area contributed by atoms with Crippen LogP contribution in [0.1, 0.15) is 0 Å². The summed E-state index contributed by atoms with van der Waals surface area (Å²) in [6.07, 6.45) is 0. The first-order chi connectivity index (χ1) is 31.3. The minimum absolute atomic E-state index is 0.598. The van der Waals surface area contributed by atoms with E-state index in [9.17, 15) is 0 Å². The maximum Gasteiger partial charge on any atom is 0.166 e. The lowest BCUT2D eigenvalue weighted by Crippen LogP contribution is -2.03. The zero-order valence-corrected chi connectivity index (χ0v) is 34.0. The first kappa shape index (κ1) is 35.2. The number of fused-ring (bicyclic) bond motifs is 10. The van der Waals surface area contributed by atoms with E-state index in [0.717, 1.165) is 77.6 Å². The van der Waals surface area contributed by atoms with Gasteiger partial charge in [0.25, 0.3) is 0 Å². The fourth-order valence-corrected chi connectivity index (χ4v) is 9.79. The Morgan fingerprint density at radius 3 is 1.30 bits per heavy atom. The van der Waals surface area contributed by atoms with Gasteiger partial charge in [0.1, 0.15) is 0 Å². The van der Waals surface area contributed by atoms with Crippen LogP contribution in [0.5, 0.6) is 0 Å². The highest BCUT2D eigenvalue weighted by molar-refractivity contribution is 6.26. The largest absolute Gasteiger partial charge is 0.309 e. The molecular weight excluding hydrogens is 769 g/mol. The molecule has 6 heteroatoms. The van der Waals surface area contributed by atoms with E-state index >= 15 is 0 Å². The highest BCUT2D eigenvalue weighted by Crippen LogP contribution is 2.45. The quantitative estimate of drug-likeness (QED) is 0.168. The smallest absolute Gasteiger partial charge is 0.166 e. The normalized spacial score (nSPS) is 11.8. The summed E-state index contributed by atoms with van der Waals surface area (Å²) in [5.41, 5.74) is 12.7. The van der Waals surface area contributed by atoms with E-state index in [1.54, 1.807) is 0 Å². The predicted octanol–water partition coefficient (Wildman–Crippen LogP) is 14.2. The number of para-hydroxylation sites is 5. The second kappa shape index (κ2) is 14.0. The molecule has 0 amide bonds. The molecule has 0 aliphatic rings. The lowest BCUT2D eigenvalue weighted by molar-refractivity contribution is 1.07. The molecule has 0 unspecified atom stereocenters. The third-order valence-electron chi connectivity index (χ3n) is 12.5. The van der Waals surface area contributed by atoms with Crippen LogP contribution >= 0.6 is 0 Å². The summed E-state index contributed by atoms with van der Waals surface area (Å²) in [4.78, 5) is 15.9. The Balaban J connectivity index is 1.21. The lowest BCUT2D eigenvalue weighted by atomic mass is 10.1. The zero-order chi connectivity index (χ0) is 41.4. The molecule has 294 valence electrons. The first-order valence-corrected chi connectivity index (χ1v) is 21.3. The fourth-order valence-electron chi connectivity index (χ4n) is 9.79. The summed E-state index contributed by atoms with van der Waals surface area (Å²) in [5, 5.41) is 7.04. The monoisotopic (exact) mass is 804 g/mol. The van der Waals surface area contributed by atoms with Crippen molar-refractivity contribution in [1.29, 1.82) is 0 Å². The van der Waals surface area contributed by atoms with Crippen LogP contribution < -0.4 is 0 Å². The standard InChI is InChI=1S/C57H36N6/c1-5-19-37(20-6-1)55-58-56(38-21-7-2-8-22-38)60-57(59-55)47-36-41(35-46-43-28-14-17-31-49(43)62(53(46)47)40-25-11-4-12-26-40)63-48-30-16-13-27-42(48)44-33-34-51-52(54(44)63)45-29-15-18-32-50(45)61(51)39-23-9-3-10-24-39/h1-36H. The number of hydrogen-bond donors (Lipinski definition) is 0. The average molecular weight is 805 g/mol. The molecule has 0 radical (unpaired) electrons. The first-order valence-electron chi connectivity index (χ1n) is 21.3. The molecule has 13 rings (SSSR count). The topological polar surface area (TPSA) is 53.5 Å². The Labute approximate surface area is 362 Å². The van der Waals surface area contributed by atoms with Crippen molar-refractivity contribution in [3.05, 3.63) is 218 Å². The van der Waals surface area contributed by atoms with Crippen molar-refractivity contribution >= 4 is 65.4 Å². The van der Waals surface area contributed by atoms with E-state index in [4.69, 9.17) is 15.0 Å². The third-order valence-corrected chi connectivity index (χ3v) is 12.5. The molecule has 0 aliphatic heterocycles. The fraction of sp³-hybridized carbons (Fsp3) is 0. The van der Waals surface area contributed by atoms with Crippen LogP contribution in [0.3, 0.4) is 0 Å². The van der Waals surface area contributed by atoms with Gasteiger partial charge in [0, 0.05) is 66.1 Å². The van der Waals surface area contributed by atoms with Crippen molar-refractivity contribution in [2.75, 3.05) is 0 Å². The Bertz CT molecular complexity index is 3830. The molecule has 13 aromatic rings. The van der Waals surface area contributed by atoms with Crippen molar-refractivity contribution in [3.8, 4) is 51.2 Å².